The average molecular weight is 415 g/mol. The minimum Gasteiger partial charge on any atom is -0.496 e. The third-order valence-corrected chi connectivity index (χ3v) is 4.41. The van der Waals surface area contributed by atoms with Gasteiger partial charge in [0.2, 0.25) is 0 Å². The van der Waals surface area contributed by atoms with Crippen molar-refractivity contribution < 1.29 is 9.84 Å². The maximum atomic E-state index is 10.7. The molecule has 0 aliphatic heterocycles. The van der Waals surface area contributed by atoms with E-state index in [2.05, 4.69) is 31.9 Å². The first kappa shape index (κ1) is 16.5. The fourth-order valence-electron chi connectivity index (χ4n) is 2.33. The van der Waals surface area contributed by atoms with Crippen LogP contribution >= 0.6 is 31.9 Å². The van der Waals surface area contributed by atoms with Gasteiger partial charge in [0.05, 0.1) is 13.2 Å². The molecule has 5 heteroatoms. The summed E-state index contributed by atoms with van der Waals surface area (Å²) in [5, 5.41) is 10.7. The van der Waals surface area contributed by atoms with Crippen LogP contribution in [-0.4, -0.2) is 18.8 Å². The van der Waals surface area contributed by atoms with Gasteiger partial charge in [0, 0.05) is 27.0 Å². The summed E-state index contributed by atoms with van der Waals surface area (Å²) in [7, 11) is 1.59. The van der Waals surface area contributed by atoms with Crippen LogP contribution in [0.2, 0.25) is 0 Å². The van der Waals surface area contributed by atoms with E-state index in [-0.39, 0.29) is 5.92 Å². The van der Waals surface area contributed by atoms with Crippen molar-refractivity contribution in [1.29, 1.82) is 0 Å². The van der Waals surface area contributed by atoms with Gasteiger partial charge in [-0.05, 0) is 29.8 Å². The predicted molar refractivity (Wildman–Crippen MR) is 91.6 cm³/mol. The van der Waals surface area contributed by atoms with Gasteiger partial charge in [-0.25, -0.2) is 0 Å². The molecule has 3 N–H and O–H groups in total. The number of nitrogens with two attached hydrogens (primary N) is 1. The Morgan fingerprint density at radius 1 is 1.14 bits per heavy atom. The Balaban J connectivity index is 2.38. The van der Waals surface area contributed by atoms with Crippen molar-refractivity contribution in [3.63, 3.8) is 0 Å². The minimum absolute atomic E-state index is 0.197. The quantitative estimate of drug-likeness (QED) is 0.777. The molecule has 2 aromatic rings. The largest absolute Gasteiger partial charge is 0.496 e. The highest BCUT2D eigenvalue weighted by Crippen LogP contribution is 2.37. The molecule has 2 aromatic carbocycles. The number of ether oxygens (including phenoxy) is 1. The molecule has 2 atom stereocenters. The first-order valence-corrected chi connectivity index (χ1v) is 8.12. The zero-order valence-electron chi connectivity index (χ0n) is 11.6. The predicted octanol–water partition coefficient (Wildman–Crippen LogP) is 4.00. The summed E-state index contributed by atoms with van der Waals surface area (Å²) in [5.74, 6) is 0.447. The van der Waals surface area contributed by atoms with Crippen LogP contribution in [0, 0.1) is 0 Å². The maximum Gasteiger partial charge on any atom is 0.125 e. The zero-order chi connectivity index (χ0) is 15.4. The molecule has 0 saturated carbocycles. The summed E-state index contributed by atoms with van der Waals surface area (Å²) in [6.45, 7) is 0.344. The first-order valence-electron chi connectivity index (χ1n) is 6.54. The van der Waals surface area contributed by atoms with Gasteiger partial charge in [-0.1, -0.05) is 50.1 Å². The lowest BCUT2D eigenvalue weighted by Crippen LogP contribution is -2.20. The Labute approximate surface area is 141 Å². The SMILES string of the molecule is COc1cc(Br)ccc1C(O)C(CN)c1cccc(Br)c1. The van der Waals surface area contributed by atoms with Gasteiger partial charge in [0.15, 0.2) is 0 Å². The van der Waals surface area contributed by atoms with Crippen molar-refractivity contribution in [2.75, 3.05) is 13.7 Å². The van der Waals surface area contributed by atoms with Gasteiger partial charge in [-0.3, -0.25) is 0 Å². The Kier molecular flexibility index (Phi) is 5.81. The van der Waals surface area contributed by atoms with Crippen LogP contribution in [0.15, 0.2) is 51.4 Å². The number of aliphatic hydroxyl groups excluding tert-OH is 1. The van der Waals surface area contributed by atoms with Crippen LogP contribution in [0.4, 0.5) is 0 Å². The van der Waals surface area contributed by atoms with Gasteiger partial charge in [0.25, 0.3) is 0 Å². The van der Waals surface area contributed by atoms with Crippen molar-refractivity contribution >= 4 is 31.9 Å². The second-order valence-electron chi connectivity index (χ2n) is 4.73. The number of hydrogen-bond acceptors (Lipinski definition) is 3. The monoisotopic (exact) mass is 413 g/mol. The van der Waals surface area contributed by atoms with Crippen molar-refractivity contribution in [2.45, 2.75) is 12.0 Å². The highest BCUT2D eigenvalue weighted by Gasteiger charge is 2.24. The Morgan fingerprint density at radius 3 is 2.48 bits per heavy atom. The average Bonchev–Trinajstić information content (AvgIpc) is 2.47. The molecule has 3 nitrogen and oxygen atoms in total. The van der Waals surface area contributed by atoms with Crippen molar-refractivity contribution in [2.24, 2.45) is 5.73 Å². The Bertz CT molecular complexity index is 619. The minimum atomic E-state index is -0.729. The standard InChI is InChI=1S/C16H17Br2NO2/c1-21-15-8-12(18)5-6-13(15)16(20)14(9-19)10-3-2-4-11(17)7-10/h2-8,14,16,20H,9,19H2,1H3. The zero-order valence-corrected chi connectivity index (χ0v) is 14.8. The summed E-state index contributed by atoms with van der Waals surface area (Å²) < 4.78 is 7.23. The fraction of sp³-hybridized carbons (Fsp3) is 0.250. The topological polar surface area (TPSA) is 55.5 Å². The van der Waals surface area contributed by atoms with Crippen LogP contribution < -0.4 is 10.5 Å². The van der Waals surface area contributed by atoms with E-state index in [9.17, 15) is 5.11 Å². The molecule has 2 rings (SSSR count). The molecule has 0 aliphatic carbocycles. The van der Waals surface area contributed by atoms with E-state index >= 15 is 0 Å². The van der Waals surface area contributed by atoms with E-state index in [0.717, 1.165) is 20.1 Å². The molecule has 0 aromatic heterocycles. The molecule has 0 aliphatic rings. The summed E-state index contributed by atoms with van der Waals surface area (Å²) in [5.41, 5.74) is 7.61. The van der Waals surface area contributed by atoms with Gasteiger partial charge in [-0.2, -0.15) is 0 Å². The van der Waals surface area contributed by atoms with E-state index in [1.807, 2.05) is 42.5 Å². The molecule has 21 heavy (non-hydrogen) atoms. The molecule has 0 saturated heterocycles. The van der Waals surface area contributed by atoms with E-state index in [1.54, 1.807) is 7.11 Å². The summed E-state index contributed by atoms with van der Waals surface area (Å²) in [6.07, 6.45) is -0.729. The maximum absolute atomic E-state index is 10.7. The highest BCUT2D eigenvalue weighted by atomic mass is 79.9. The number of methoxy groups -OCH3 is 1. The van der Waals surface area contributed by atoms with Crippen LogP contribution in [0.3, 0.4) is 0 Å². The number of rotatable bonds is 5. The smallest absolute Gasteiger partial charge is 0.125 e. The van der Waals surface area contributed by atoms with E-state index < -0.39 is 6.10 Å². The van der Waals surface area contributed by atoms with Gasteiger partial charge >= 0.3 is 0 Å². The van der Waals surface area contributed by atoms with Crippen LogP contribution in [0.25, 0.3) is 0 Å². The highest BCUT2D eigenvalue weighted by molar-refractivity contribution is 9.10. The number of halogens is 2. The molecule has 0 fully saturated rings. The Hall–Kier alpha value is -0.880. The lowest BCUT2D eigenvalue weighted by Gasteiger charge is -2.24. The summed E-state index contributed by atoms with van der Waals surface area (Å²) in [6, 6.07) is 13.4. The second-order valence-corrected chi connectivity index (χ2v) is 6.56. The van der Waals surface area contributed by atoms with Crippen molar-refractivity contribution in [3.05, 3.63) is 62.5 Å². The van der Waals surface area contributed by atoms with Crippen LogP contribution in [0.1, 0.15) is 23.1 Å². The molecule has 112 valence electrons. The van der Waals surface area contributed by atoms with Crippen molar-refractivity contribution in [3.8, 4) is 5.75 Å². The molecule has 0 radical (unpaired) electrons. The Morgan fingerprint density at radius 2 is 1.86 bits per heavy atom. The molecule has 0 amide bonds. The van der Waals surface area contributed by atoms with E-state index in [1.165, 1.54) is 0 Å². The number of aliphatic hydroxyl groups is 1. The number of benzene rings is 2. The molecule has 2 unspecified atom stereocenters. The third kappa shape index (κ3) is 3.86. The molecule has 0 spiro atoms. The van der Waals surface area contributed by atoms with Gasteiger partial charge in [-0.15, -0.1) is 0 Å². The van der Waals surface area contributed by atoms with Crippen molar-refractivity contribution in [1.82, 2.24) is 0 Å². The first-order chi connectivity index (χ1) is 10.1. The normalized spacial score (nSPS) is 13.8. The van der Waals surface area contributed by atoms with E-state index in [0.29, 0.717) is 12.3 Å². The molecular weight excluding hydrogens is 398 g/mol. The summed E-state index contributed by atoms with van der Waals surface area (Å²) in [4.78, 5) is 0. The van der Waals surface area contributed by atoms with Gasteiger partial charge < -0.3 is 15.6 Å². The second kappa shape index (κ2) is 7.40. The number of hydrogen-bond donors (Lipinski definition) is 2. The van der Waals surface area contributed by atoms with Crippen LogP contribution in [-0.2, 0) is 0 Å². The lowest BCUT2D eigenvalue weighted by atomic mass is 9.89. The molecular formula is C16H17Br2NO2. The fourth-order valence-corrected chi connectivity index (χ4v) is 3.09. The lowest BCUT2D eigenvalue weighted by molar-refractivity contribution is 0.143. The van der Waals surface area contributed by atoms with Crippen LogP contribution in [0.5, 0.6) is 5.75 Å². The third-order valence-electron chi connectivity index (χ3n) is 3.43. The summed E-state index contributed by atoms with van der Waals surface area (Å²) >= 11 is 6.85. The molecule has 0 heterocycles. The van der Waals surface area contributed by atoms with Gasteiger partial charge in [0.1, 0.15) is 5.75 Å². The van der Waals surface area contributed by atoms with E-state index in [4.69, 9.17) is 10.5 Å². The molecule has 0 bridgehead atoms.